The Kier molecular flexibility index (Phi) is 3.94. The molecule has 1 aromatic carbocycles. The van der Waals surface area contributed by atoms with Crippen LogP contribution in [0, 0.1) is 0 Å². The number of hydrogen-bond acceptors (Lipinski definition) is 3. The maximum absolute atomic E-state index is 10.3. The number of ether oxygens (including phenoxy) is 1. The van der Waals surface area contributed by atoms with E-state index >= 15 is 0 Å². The average molecular weight is 195 g/mol. The molecule has 14 heavy (non-hydrogen) atoms. The van der Waals surface area contributed by atoms with Gasteiger partial charge in [-0.3, -0.25) is 0 Å². The van der Waals surface area contributed by atoms with E-state index in [1.165, 1.54) is 0 Å². The molecule has 0 radical (unpaired) electrons. The SMILES string of the molecule is NC(=O)OCCc1ccc(CO)cc1. The average Bonchev–Trinajstić information content (AvgIpc) is 2.18. The zero-order valence-electron chi connectivity index (χ0n) is 7.77. The van der Waals surface area contributed by atoms with Crippen molar-refractivity contribution in [1.82, 2.24) is 0 Å². The Morgan fingerprint density at radius 3 is 2.36 bits per heavy atom. The summed E-state index contributed by atoms with van der Waals surface area (Å²) in [7, 11) is 0. The summed E-state index contributed by atoms with van der Waals surface area (Å²) in [5.41, 5.74) is 6.72. The lowest BCUT2D eigenvalue weighted by Crippen LogP contribution is -2.14. The third-order valence-electron chi connectivity index (χ3n) is 1.84. The molecule has 1 rings (SSSR count). The van der Waals surface area contributed by atoms with E-state index in [4.69, 9.17) is 10.8 Å². The van der Waals surface area contributed by atoms with E-state index in [0.717, 1.165) is 11.1 Å². The fraction of sp³-hybridized carbons (Fsp3) is 0.300. The molecule has 3 N–H and O–H groups in total. The van der Waals surface area contributed by atoms with Gasteiger partial charge < -0.3 is 15.6 Å². The molecule has 0 heterocycles. The summed E-state index contributed by atoms with van der Waals surface area (Å²) in [4.78, 5) is 10.3. The Hall–Kier alpha value is -1.55. The zero-order valence-corrected chi connectivity index (χ0v) is 7.77. The second-order valence-electron chi connectivity index (χ2n) is 2.89. The zero-order chi connectivity index (χ0) is 10.4. The summed E-state index contributed by atoms with van der Waals surface area (Å²) >= 11 is 0. The van der Waals surface area contributed by atoms with E-state index in [0.29, 0.717) is 6.42 Å². The largest absolute Gasteiger partial charge is 0.449 e. The van der Waals surface area contributed by atoms with Gasteiger partial charge in [-0.15, -0.1) is 0 Å². The number of hydrogen-bond donors (Lipinski definition) is 2. The van der Waals surface area contributed by atoms with E-state index in [9.17, 15) is 4.79 Å². The number of aliphatic hydroxyl groups excluding tert-OH is 1. The highest BCUT2D eigenvalue weighted by atomic mass is 16.5. The highest BCUT2D eigenvalue weighted by Gasteiger charge is 1.96. The Labute approximate surface area is 82.3 Å². The molecule has 0 aromatic heterocycles. The predicted molar refractivity (Wildman–Crippen MR) is 51.6 cm³/mol. The Morgan fingerprint density at radius 1 is 1.29 bits per heavy atom. The maximum Gasteiger partial charge on any atom is 0.404 e. The van der Waals surface area contributed by atoms with Crippen molar-refractivity contribution in [3.8, 4) is 0 Å². The summed E-state index contributed by atoms with van der Waals surface area (Å²) in [5.74, 6) is 0. The van der Waals surface area contributed by atoms with Gasteiger partial charge in [-0.05, 0) is 11.1 Å². The summed E-state index contributed by atoms with van der Waals surface area (Å²) in [6, 6.07) is 7.44. The van der Waals surface area contributed by atoms with Crippen LogP contribution in [0.5, 0.6) is 0 Å². The normalized spacial score (nSPS) is 9.79. The van der Waals surface area contributed by atoms with E-state index in [1.807, 2.05) is 24.3 Å². The first-order chi connectivity index (χ1) is 6.72. The van der Waals surface area contributed by atoms with Crippen molar-refractivity contribution < 1.29 is 14.6 Å². The summed E-state index contributed by atoms with van der Waals surface area (Å²) in [6.07, 6.45) is -0.119. The third-order valence-corrected chi connectivity index (χ3v) is 1.84. The third kappa shape index (κ3) is 3.45. The highest BCUT2D eigenvalue weighted by molar-refractivity contribution is 5.64. The molecule has 1 amide bonds. The Balaban J connectivity index is 2.40. The van der Waals surface area contributed by atoms with E-state index in [2.05, 4.69) is 4.74 Å². The smallest absolute Gasteiger partial charge is 0.404 e. The van der Waals surface area contributed by atoms with Crippen molar-refractivity contribution in [2.45, 2.75) is 13.0 Å². The van der Waals surface area contributed by atoms with Crippen LogP contribution in [0.25, 0.3) is 0 Å². The number of amides is 1. The van der Waals surface area contributed by atoms with Crippen LogP contribution in [0.3, 0.4) is 0 Å². The first-order valence-corrected chi connectivity index (χ1v) is 4.33. The molecule has 0 saturated heterocycles. The summed E-state index contributed by atoms with van der Waals surface area (Å²) < 4.78 is 4.59. The van der Waals surface area contributed by atoms with Gasteiger partial charge in [0.15, 0.2) is 0 Å². The molecule has 0 fully saturated rings. The van der Waals surface area contributed by atoms with Crippen LogP contribution in [0.1, 0.15) is 11.1 Å². The fourth-order valence-corrected chi connectivity index (χ4v) is 1.08. The van der Waals surface area contributed by atoms with E-state index in [1.54, 1.807) is 0 Å². The second-order valence-corrected chi connectivity index (χ2v) is 2.89. The van der Waals surface area contributed by atoms with Gasteiger partial charge in [-0.2, -0.15) is 0 Å². The molecular formula is C10H13NO3. The number of rotatable bonds is 4. The number of carbonyl (C=O) groups excluding carboxylic acids is 1. The molecule has 0 saturated carbocycles. The fourth-order valence-electron chi connectivity index (χ4n) is 1.08. The number of benzene rings is 1. The molecule has 0 aliphatic rings. The minimum Gasteiger partial charge on any atom is -0.449 e. The topological polar surface area (TPSA) is 72.6 Å². The van der Waals surface area contributed by atoms with Crippen LogP contribution in [-0.4, -0.2) is 17.8 Å². The molecule has 76 valence electrons. The Bertz CT molecular complexity index is 295. The molecule has 0 atom stereocenters. The maximum atomic E-state index is 10.3. The lowest BCUT2D eigenvalue weighted by atomic mass is 10.1. The predicted octanol–water partition coefficient (Wildman–Crippen LogP) is 0.817. The number of primary amides is 1. The second kappa shape index (κ2) is 5.24. The van der Waals surface area contributed by atoms with Crippen molar-refractivity contribution in [3.63, 3.8) is 0 Å². The van der Waals surface area contributed by atoms with Gasteiger partial charge in [-0.1, -0.05) is 24.3 Å². The minimum atomic E-state index is -0.753. The molecule has 4 nitrogen and oxygen atoms in total. The number of aliphatic hydroxyl groups is 1. The van der Waals surface area contributed by atoms with Crippen molar-refractivity contribution in [2.75, 3.05) is 6.61 Å². The molecule has 0 aliphatic heterocycles. The van der Waals surface area contributed by atoms with Crippen LogP contribution >= 0.6 is 0 Å². The monoisotopic (exact) mass is 195 g/mol. The standard InChI is InChI=1S/C10H13NO3/c11-10(13)14-6-5-8-1-3-9(7-12)4-2-8/h1-4,12H,5-7H2,(H2,11,13). The van der Waals surface area contributed by atoms with Crippen molar-refractivity contribution in [2.24, 2.45) is 5.73 Å². The first-order valence-electron chi connectivity index (χ1n) is 4.33. The van der Waals surface area contributed by atoms with Crippen LogP contribution in [-0.2, 0) is 17.8 Å². The quantitative estimate of drug-likeness (QED) is 0.747. The molecule has 0 aliphatic carbocycles. The van der Waals surface area contributed by atoms with Crippen molar-refractivity contribution >= 4 is 6.09 Å². The summed E-state index contributed by atoms with van der Waals surface area (Å²) in [6.45, 7) is 0.325. The summed E-state index contributed by atoms with van der Waals surface area (Å²) in [5, 5.41) is 8.79. The van der Waals surface area contributed by atoms with Gasteiger partial charge in [0.1, 0.15) is 0 Å². The van der Waals surface area contributed by atoms with E-state index in [-0.39, 0.29) is 13.2 Å². The number of carbonyl (C=O) groups is 1. The lowest BCUT2D eigenvalue weighted by Gasteiger charge is -2.02. The number of nitrogens with two attached hydrogens (primary N) is 1. The van der Waals surface area contributed by atoms with Gasteiger partial charge in [0.05, 0.1) is 13.2 Å². The van der Waals surface area contributed by atoms with Crippen LogP contribution in [0.4, 0.5) is 4.79 Å². The van der Waals surface area contributed by atoms with E-state index < -0.39 is 6.09 Å². The first kappa shape index (κ1) is 10.5. The van der Waals surface area contributed by atoms with Gasteiger partial charge in [0.25, 0.3) is 0 Å². The molecule has 0 spiro atoms. The Morgan fingerprint density at radius 2 is 1.86 bits per heavy atom. The molecule has 0 unspecified atom stereocenters. The molecule has 0 bridgehead atoms. The van der Waals surface area contributed by atoms with Crippen LogP contribution in [0.2, 0.25) is 0 Å². The highest BCUT2D eigenvalue weighted by Crippen LogP contribution is 2.04. The molecular weight excluding hydrogens is 182 g/mol. The molecule has 1 aromatic rings. The van der Waals surface area contributed by atoms with Crippen molar-refractivity contribution in [3.05, 3.63) is 35.4 Å². The lowest BCUT2D eigenvalue weighted by molar-refractivity contribution is 0.158. The van der Waals surface area contributed by atoms with Crippen molar-refractivity contribution in [1.29, 1.82) is 0 Å². The van der Waals surface area contributed by atoms with Gasteiger partial charge >= 0.3 is 6.09 Å². The molecule has 4 heteroatoms. The van der Waals surface area contributed by atoms with Gasteiger partial charge in [-0.25, -0.2) is 4.79 Å². The van der Waals surface area contributed by atoms with Crippen LogP contribution in [0.15, 0.2) is 24.3 Å². The van der Waals surface area contributed by atoms with Gasteiger partial charge in [0, 0.05) is 6.42 Å². The minimum absolute atomic E-state index is 0.0397. The van der Waals surface area contributed by atoms with Crippen LogP contribution < -0.4 is 5.73 Å². The van der Waals surface area contributed by atoms with Gasteiger partial charge in [0.2, 0.25) is 0 Å².